The fourth-order valence-electron chi connectivity index (χ4n) is 2.12. The van der Waals surface area contributed by atoms with Gasteiger partial charge in [-0.15, -0.1) is 0 Å². The summed E-state index contributed by atoms with van der Waals surface area (Å²) in [5.74, 6) is 0. The third-order valence-electron chi connectivity index (χ3n) is 3.37. The van der Waals surface area contributed by atoms with E-state index < -0.39 is 15.9 Å². The van der Waals surface area contributed by atoms with Gasteiger partial charge in [0.2, 0.25) is 0 Å². The van der Waals surface area contributed by atoms with Crippen LogP contribution in [0.25, 0.3) is 0 Å². The van der Waals surface area contributed by atoms with E-state index in [1.54, 1.807) is 18.3 Å². The van der Waals surface area contributed by atoms with E-state index in [-0.39, 0.29) is 10.9 Å². The topological polar surface area (TPSA) is 84.2 Å². The number of nitrogens with zero attached hydrogens (tertiary/aromatic N) is 2. The van der Waals surface area contributed by atoms with Gasteiger partial charge in [0, 0.05) is 31.2 Å². The Bertz CT molecular complexity index is 681. The maximum Gasteiger partial charge on any atom is 0.175 e. The van der Waals surface area contributed by atoms with Crippen molar-refractivity contribution in [1.29, 1.82) is 0 Å². The van der Waals surface area contributed by atoms with E-state index >= 15 is 0 Å². The lowest BCUT2D eigenvalue weighted by Crippen LogP contribution is -2.33. The van der Waals surface area contributed by atoms with Crippen molar-refractivity contribution < 1.29 is 13.5 Å². The molecular weight excluding hydrogens is 302 g/mol. The van der Waals surface area contributed by atoms with Gasteiger partial charge in [0.1, 0.15) is 0 Å². The minimum absolute atomic E-state index is 0.157. The fraction of sp³-hybridized carbons (Fsp3) is 0.400. The molecule has 0 bridgehead atoms. The minimum Gasteiger partial charge on any atom is -0.387 e. The molecule has 1 heterocycles. The summed E-state index contributed by atoms with van der Waals surface area (Å²) in [6, 6.07) is 8.33. The van der Waals surface area contributed by atoms with Gasteiger partial charge >= 0.3 is 0 Å². The van der Waals surface area contributed by atoms with Gasteiger partial charge in [-0.1, -0.05) is 12.1 Å². The lowest BCUT2D eigenvalue weighted by molar-refractivity contribution is 0.169. The zero-order valence-corrected chi connectivity index (χ0v) is 13.5. The third-order valence-corrected chi connectivity index (χ3v) is 4.50. The first-order valence-electron chi connectivity index (χ1n) is 7.05. The summed E-state index contributed by atoms with van der Waals surface area (Å²) in [5, 5.41) is 17.5. The second kappa shape index (κ2) is 7.04. The number of aliphatic hydroxyl groups is 1. The van der Waals surface area contributed by atoms with Gasteiger partial charge in [-0.3, -0.25) is 4.68 Å². The van der Waals surface area contributed by atoms with Crippen molar-refractivity contribution in [1.82, 2.24) is 15.1 Å². The summed E-state index contributed by atoms with van der Waals surface area (Å²) < 4.78 is 24.6. The molecule has 2 atom stereocenters. The number of benzene rings is 1. The van der Waals surface area contributed by atoms with Gasteiger partial charge in [0.25, 0.3) is 0 Å². The predicted octanol–water partition coefficient (Wildman–Crippen LogP) is 0.998. The van der Waals surface area contributed by atoms with Gasteiger partial charge in [-0.05, 0) is 30.7 Å². The van der Waals surface area contributed by atoms with Crippen molar-refractivity contribution in [3.05, 3.63) is 48.3 Å². The molecule has 0 saturated carbocycles. The van der Waals surface area contributed by atoms with E-state index in [9.17, 15) is 13.5 Å². The first kappa shape index (κ1) is 16.7. The van der Waals surface area contributed by atoms with Crippen LogP contribution < -0.4 is 5.32 Å². The van der Waals surface area contributed by atoms with Crippen molar-refractivity contribution in [3.63, 3.8) is 0 Å². The Kier molecular flexibility index (Phi) is 5.33. The van der Waals surface area contributed by atoms with Crippen LogP contribution in [-0.2, 0) is 16.4 Å². The van der Waals surface area contributed by atoms with Gasteiger partial charge in [0.05, 0.1) is 17.5 Å². The van der Waals surface area contributed by atoms with Crippen LogP contribution in [0.1, 0.15) is 18.6 Å². The van der Waals surface area contributed by atoms with Gasteiger partial charge < -0.3 is 10.4 Å². The van der Waals surface area contributed by atoms with Crippen LogP contribution in [0.5, 0.6) is 0 Å². The zero-order valence-electron chi connectivity index (χ0n) is 12.7. The molecule has 0 spiro atoms. The summed E-state index contributed by atoms with van der Waals surface area (Å²) in [5.41, 5.74) is 0.686. The Morgan fingerprint density at radius 3 is 2.55 bits per heavy atom. The highest BCUT2D eigenvalue weighted by Gasteiger charge is 2.12. The number of nitrogens with one attached hydrogen (secondary N) is 1. The fourth-order valence-corrected chi connectivity index (χ4v) is 2.75. The molecule has 2 N–H and O–H groups in total. The second-order valence-corrected chi connectivity index (χ2v) is 7.41. The number of hydrogen-bond donors (Lipinski definition) is 2. The van der Waals surface area contributed by atoms with Crippen LogP contribution in [0, 0.1) is 0 Å². The van der Waals surface area contributed by atoms with Crippen LogP contribution in [-0.4, -0.2) is 42.1 Å². The molecule has 22 heavy (non-hydrogen) atoms. The van der Waals surface area contributed by atoms with Crippen LogP contribution >= 0.6 is 0 Å². The zero-order chi connectivity index (χ0) is 16.2. The molecule has 1 aromatic carbocycles. The predicted molar refractivity (Wildman–Crippen MR) is 84.2 cm³/mol. The molecular formula is C15H21N3O3S. The standard InChI is InChI=1S/C15H21N3O3S/c1-12(11-18-9-3-8-17-18)16-10-15(19)13-4-6-14(7-5-13)22(2,20)21/h3-9,12,15-16,19H,10-11H2,1-2H3/t12-,15+/m0/s1. The van der Waals surface area contributed by atoms with Crippen LogP contribution in [0.3, 0.4) is 0 Å². The highest BCUT2D eigenvalue weighted by molar-refractivity contribution is 7.90. The van der Waals surface area contributed by atoms with E-state index in [4.69, 9.17) is 0 Å². The van der Waals surface area contributed by atoms with E-state index in [0.717, 1.165) is 6.26 Å². The van der Waals surface area contributed by atoms with Gasteiger partial charge in [0.15, 0.2) is 9.84 Å². The quantitative estimate of drug-likeness (QED) is 0.794. The highest BCUT2D eigenvalue weighted by atomic mass is 32.2. The minimum atomic E-state index is -3.21. The number of hydrogen-bond acceptors (Lipinski definition) is 5. The van der Waals surface area contributed by atoms with E-state index in [1.165, 1.54) is 12.1 Å². The molecule has 6 nitrogen and oxygen atoms in total. The van der Waals surface area contributed by atoms with Crippen LogP contribution in [0.4, 0.5) is 0 Å². The summed E-state index contributed by atoms with van der Waals surface area (Å²) in [4.78, 5) is 0.253. The second-order valence-electron chi connectivity index (χ2n) is 5.39. The molecule has 1 aromatic heterocycles. The van der Waals surface area contributed by atoms with Crippen LogP contribution in [0.2, 0.25) is 0 Å². The van der Waals surface area contributed by atoms with E-state index in [2.05, 4.69) is 10.4 Å². The maximum atomic E-state index is 11.4. The smallest absolute Gasteiger partial charge is 0.175 e. The summed E-state index contributed by atoms with van der Waals surface area (Å²) in [7, 11) is -3.21. The summed E-state index contributed by atoms with van der Waals surface area (Å²) in [6.07, 6.45) is 4.09. The molecule has 0 saturated heterocycles. The number of sulfone groups is 1. The molecule has 120 valence electrons. The average Bonchev–Trinajstić information content (AvgIpc) is 2.97. The maximum absolute atomic E-state index is 11.4. The van der Waals surface area contributed by atoms with Crippen molar-refractivity contribution in [2.45, 2.75) is 30.5 Å². The van der Waals surface area contributed by atoms with E-state index in [0.29, 0.717) is 18.7 Å². The molecule has 0 fully saturated rings. The van der Waals surface area contributed by atoms with Gasteiger partial charge in [-0.25, -0.2) is 8.42 Å². The number of aromatic nitrogens is 2. The number of aliphatic hydroxyl groups excluding tert-OH is 1. The summed E-state index contributed by atoms with van der Waals surface area (Å²) >= 11 is 0. The Morgan fingerprint density at radius 2 is 2.00 bits per heavy atom. The Hall–Kier alpha value is -1.70. The summed E-state index contributed by atoms with van der Waals surface area (Å²) in [6.45, 7) is 3.12. The van der Waals surface area contributed by atoms with Crippen molar-refractivity contribution >= 4 is 9.84 Å². The normalized spacial score (nSPS) is 14.7. The average molecular weight is 323 g/mol. The van der Waals surface area contributed by atoms with Crippen molar-refractivity contribution in [2.75, 3.05) is 12.8 Å². The lowest BCUT2D eigenvalue weighted by Gasteiger charge is -2.17. The van der Waals surface area contributed by atoms with Crippen LogP contribution in [0.15, 0.2) is 47.6 Å². The van der Waals surface area contributed by atoms with Crippen molar-refractivity contribution in [3.8, 4) is 0 Å². The Balaban J connectivity index is 1.88. The molecule has 0 aliphatic heterocycles. The highest BCUT2D eigenvalue weighted by Crippen LogP contribution is 2.16. The van der Waals surface area contributed by atoms with E-state index in [1.807, 2.05) is 23.9 Å². The molecule has 0 unspecified atom stereocenters. The molecule has 0 aliphatic rings. The third kappa shape index (κ3) is 4.66. The van der Waals surface area contributed by atoms with Crippen molar-refractivity contribution in [2.24, 2.45) is 0 Å². The molecule has 2 rings (SSSR count). The Labute approximate surface area is 130 Å². The Morgan fingerprint density at radius 1 is 1.32 bits per heavy atom. The lowest BCUT2D eigenvalue weighted by atomic mass is 10.1. The first-order valence-corrected chi connectivity index (χ1v) is 8.94. The van der Waals surface area contributed by atoms with Gasteiger partial charge in [-0.2, -0.15) is 5.10 Å². The molecule has 0 aliphatic carbocycles. The molecule has 0 radical (unpaired) electrons. The molecule has 0 amide bonds. The largest absolute Gasteiger partial charge is 0.387 e. The first-order chi connectivity index (χ1) is 10.4. The number of rotatable bonds is 7. The monoisotopic (exact) mass is 323 g/mol. The molecule has 7 heteroatoms. The molecule has 2 aromatic rings. The SMILES string of the molecule is C[C@@H](Cn1cccn1)NC[C@@H](O)c1ccc(S(C)(=O)=O)cc1.